The Balaban J connectivity index is 2.50. The summed E-state index contributed by atoms with van der Waals surface area (Å²) in [5.74, 6) is -3.22. The van der Waals surface area contributed by atoms with Crippen molar-refractivity contribution in [3.05, 3.63) is 53.4 Å². The molecule has 0 aliphatic carbocycles. The molecular weight excluding hydrogens is 316 g/mol. The maximum Gasteiger partial charge on any atom is 0.160 e. The van der Waals surface area contributed by atoms with Gasteiger partial charge in [-0.25, -0.2) is 0 Å². The Morgan fingerprint density at radius 2 is 2.00 bits per heavy atom. The molecule has 0 heterocycles. The molecule has 2 aromatic rings. The fourth-order valence-corrected chi connectivity index (χ4v) is 1.60. The summed E-state index contributed by atoms with van der Waals surface area (Å²) < 4.78 is 164. The highest BCUT2D eigenvalue weighted by atomic mass is 16.5. The summed E-state index contributed by atoms with van der Waals surface area (Å²) in [6, 6.07) is -6.32. The summed E-state index contributed by atoms with van der Waals surface area (Å²) >= 11 is 0. The molecule has 25 heavy (non-hydrogen) atoms. The van der Waals surface area contributed by atoms with Crippen molar-refractivity contribution in [1.82, 2.24) is 0 Å². The summed E-state index contributed by atoms with van der Waals surface area (Å²) in [5, 5.41) is 10.5. The average Bonchev–Trinajstić information content (AvgIpc) is 2.86. The molecule has 1 atom stereocenters. The Morgan fingerprint density at radius 1 is 1.16 bits per heavy atom. The van der Waals surface area contributed by atoms with Gasteiger partial charge in [0.15, 0.2) is 11.5 Å². The van der Waals surface area contributed by atoms with Crippen LogP contribution in [0.4, 0.5) is 0 Å². The van der Waals surface area contributed by atoms with Gasteiger partial charge in [-0.15, -0.1) is 0 Å². The zero-order chi connectivity index (χ0) is 34.5. The number of aliphatic hydroxyl groups is 1. The summed E-state index contributed by atoms with van der Waals surface area (Å²) in [7, 11) is -6.70. The molecule has 0 aliphatic heterocycles. The number of hydrogen-bond donors (Lipinski definition) is 1. The normalized spacial score (nSPS) is 25.6. The highest BCUT2D eigenvalue weighted by Gasteiger charge is 2.07. The van der Waals surface area contributed by atoms with Crippen molar-refractivity contribution in [2.75, 3.05) is 20.6 Å². The van der Waals surface area contributed by atoms with Gasteiger partial charge in [0, 0.05) is 5.48 Å². The molecular formula is C21H28O4. The van der Waals surface area contributed by atoms with E-state index in [9.17, 15) is 5.11 Å². The van der Waals surface area contributed by atoms with Gasteiger partial charge < -0.3 is 19.3 Å². The first kappa shape index (κ1) is 5.92. The molecule has 2 aromatic carbocycles. The van der Waals surface area contributed by atoms with E-state index in [-0.39, 0.29) is 5.56 Å². The van der Waals surface area contributed by atoms with Gasteiger partial charge in [-0.3, -0.25) is 0 Å². The monoisotopic (exact) mass is 363 g/mol. The van der Waals surface area contributed by atoms with E-state index >= 15 is 0 Å². The number of hydrogen-bond acceptors (Lipinski definition) is 4. The minimum absolute atomic E-state index is 0.112. The van der Waals surface area contributed by atoms with Crippen LogP contribution in [0.3, 0.4) is 0 Å². The van der Waals surface area contributed by atoms with Gasteiger partial charge in [0.1, 0.15) is 12.3 Å². The molecule has 0 saturated carbocycles. The predicted molar refractivity (Wildman–Crippen MR) is 99.8 cm³/mol. The van der Waals surface area contributed by atoms with Crippen molar-refractivity contribution in [2.45, 2.75) is 38.6 Å². The minimum Gasteiger partial charge on any atom is -0.493 e. The van der Waals surface area contributed by atoms with Gasteiger partial charge in [-0.05, 0) is 61.4 Å². The number of aliphatic hydroxyl groups excluding tert-OH is 1. The van der Waals surface area contributed by atoms with E-state index in [0.29, 0.717) is 0 Å². The molecule has 0 saturated heterocycles. The van der Waals surface area contributed by atoms with E-state index in [1.165, 1.54) is 6.92 Å². The van der Waals surface area contributed by atoms with Crippen LogP contribution in [0.5, 0.6) is 17.2 Å². The van der Waals surface area contributed by atoms with Crippen LogP contribution in [0.15, 0.2) is 42.3 Å². The molecule has 2 rings (SSSR count). The lowest BCUT2D eigenvalue weighted by atomic mass is 10.0. The van der Waals surface area contributed by atoms with Crippen molar-refractivity contribution in [3.63, 3.8) is 0 Å². The molecule has 4 heteroatoms. The maximum absolute atomic E-state index is 10.5. The average molecular weight is 364 g/mol. The van der Waals surface area contributed by atoms with E-state index in [4.69, 9.17) is 30.8 Å². The van der Waals surface area contributed by atoms with Gasteiger partial charge in [-0.1, -0.05) is 24.5 Å². The zero-order valence-corrected chi connectivity index (χ0v) is 13.2. The lowest BCUT2D eigenvalue weighted by Crippen LogP contribution is -2.17. The number of methoxy groups -OCH3 is 2. The summed E-state index contributed by atoms with van der Waals surface area (Å²) in [5.41, 5.74) is -1.33. The molecule has 0 aromatic heterocycles. The Kier molecular flexibility index (Phi) is 2.35. The third kappa shape index (κ3) is 6.31. The molecule has 0 spiro atoms. The fraction of sp³-hybridized carbons (Fsp3) is 0.429. The Hall–Kier alpha value is -2.20. The third-order valence-corrected chi connectivity index (χ3v) is 2.73. The molecule has 0 aliphatic rings. The number of benzene rings is 2. The molecule has 0 fully saturated rings. The van der Waals surface area contributed by atoms with Crippen LogP contribution in [0.2, 0.25) is 0 Å². The molecule has 0 radical (unpaired) electrons. The molecule has 1 unspecified atom stereocenters. The first-order valence-corrected chi connectivity index (χ1v) is 7.03. The van der Waals surface area contributed by atoms with Crippen LogP contribution in [-0.4, -0.2) is 31.8 Å². The van der Waals surface area contributed by atoms with Crippen molar-refractivity contribution in [3.8, 4) is 17.2 Å². The van der Waals surface area contributed by atoms with E-state index < -0.39 is 117 Å². The minimum atomic E-state index is -3.44. The number of ether oxygens (including phenoxy) is 3. The van der Waals surface area contributed by atoms with Crippen molar-refractivity contribution in [1.29, 1.82) is 0 Å². The molecule has 0 bridgehead atoms. The van der Waals surface area contributed by atoms with Crippen LogP contribution in [-0.2, 0) is 6.37 Å². The quantitative estimate of drug-likeness (QED) is 0.688. The molecule has 0 amide bonds. The standard InChI is InChI=1S/C21H28O4/c1-16-7-6-10-19(13-16)25-15-18(22)9-5-4-8-17-11-12-20(23-2)21(14-17)24-3/h6-7,10-14,18,22H,4-5,8-9,15H2,1-3H3/i2D3,3D3,4D2,6D,7D,8D2,10D,11D,12D,13D,14D,15D2. The smallest absolute Gasteiger partial charge is 0.160 e. The Labute approximate surface area is 177 Å². The van der Waals surface area contributed by atoms with Crippen molar-refractivity contribution >= 4 is 0 Å². The van der Waals surface area contributed by atoms with E-state index in [2.05, 4.69) is 9.47 Å². The van der Waals surface area contributed by atoms with Gasteiger partial charge in [-0.2, -0.15) is 0 Å². The van der Waals surface area contributed by atoms with E-state index in [1.54, 1.807) is 0 Å². The van der Waals surface area contributed by atoms with Crippen LogP contribution < -0.4 is 14.2 Å². The second-order valence-electron chi connectivity index (χ2n) is 4.64. The van der Waals surface area contributed by atoms with Gasteiger partial charge in [0.05, 0.1) is 40.7 Å². The second kappa shape index (κ2) is 9.94. The SMILES string of the molecule is [2H]c1c([2H])c(C)c([2H])c(OC([2H])([2H])C(O)CCC([2H])([2H])C([2H])([2H])c2c([2H])c([2H])c(OC([2H])([2H])[2H])c(OC([2H])([2H])[2H])c2[2H])c1[2H]. The van der Waals surface area contributed by atoms with Crippen LogP contribution in [0, 0.1) is 6.92 Å². The van der Waals surface area contributed by atoms with Crippen molar-refractivity contribution < 1.29 is 45.4 Å². The van der Waals surface area contributed by atoms with Gasteiger partial charge in [0.2, 0.25) is 0 Å². The van der Waals surface area contributed by atoms with Crippen LogP contribution in [0.1, 0.15) is 56.4 Å². The first-order valence-electron chi connectivity index (χ1n) is 16.5. The topological polar surface area (TPSA) is 47.9 Å². The molecule has 1 N–H and O–H groups in total. The summed E-state index contributed by atoms with van der Waals surface area (Å²) in [6.45, 7) is -1.88. The van der Waals surface area contributed by atoms with Crippen molar-refractivity contribution in [2.24, 2.45) is 0 Å². The van der Waals surface area contributed by atoms with E-state index in [0.717, 1.165) is 0 Å². The van der Waals surface area contributed by atoms with Crippen LogP contribution >= 0.6 is 0 Å². The Morgan fingerprint density at radius 3 is 2.84 bits per heavy atom. The fourth-order valence-electron chi connectivity index (χ4n) is 1.60. The Bertz CT molecular complexity index is 1370. The van der Waals surface area contributed by atoms with Crippen LogP contribution in [0.25, 0.3) is 0 Å². The van der Waals surface area contributed by atoms with E-state index in [1.807, 2.05) is 0 Å². The number of rotatable bonds is 10. The zero-order valence-electron chi connectivity index (χ0n) is 32.2. The van der Waals surface area contributed by atoms with Gasteiger partial charge in [0.25, 0.3) is 0 Å². The lowest BCUT2D eigenvalue weighted by molar-refractivity contribution is 0.0976. The lowest BCUT2D eigenvalue weighted by Gasteiger charge is -2.13. The predicted octanol–water partition coefficient (Wildman–Crippen LogP) is 4.16. The highest BCUT2D eigenvalue weighted by molar-refractivity contribution is 5.42. The maximum atomic E-state index is 10.5. The third-order valence-electron chi connectivity index (χ3n) is 2.73. The largest absolute Gasteiger partial charge is 0.493 e. The highest BCUT2D eigenvalue weighted by Crippen LogP contribution is 2.28. The summed E-state index contributed by atoms with van der Waals surface area (Å²) in [6.07, 6.45) is -10.8. The molecule has 4 nitrogen and oxygen atoms in total. The first-order chi connectivity index (χ1) is 19.6. The van der Waals surface area contributed by atoms with Gasteiger partial charge >= 0.3 is 0 Å². The molecule has 136 valence electrons. The second-order valence-corrected chi connectivity index (χ2v) is 4.64. The summed E-state index contributed by atoms with van der Waals surface area (Å²) in [4.78, 5) is 0.